The van der Waals surface area contributed by atoms with Crippen LogP contribution in [0.3, 0.4) is 0 Å². The average molecular weight is 348 g/mol. The predicted octanol–water partition coefficient (Wildman–Crippen LogP) is 4.70. The first-order valence-electron chi connectivity index (χ1n) is 7.00. The second-order valence-corrected chi connectivity index (χ2v) is 6.17. The fourth-order valence-corrected chi connectivity index (χ4v) is 3.28. The van der Waals surface area contributed by atoms with Gasteiger partial charge in [-0.2, -0.15) is 0 Å². The van der Waals surface area contributed by atoms with Gasteiger partial charge in [0, 0.05) is 22.1 Å². The van der Waals surface area contributed by atoms with Crippen LogP contribution in [0.25, 0.3) is 0 Å². The Balaban J connectivity index is 1.90. The first kappa shape index (κ1) is 14.3. The normalized spacial score (nSPS) is 16.8. The number of rotatable bonds is 3. The van der Waals surface area contributed by atoms with Gasteiger partial charge in [-0.3, -0.25) is 0 Å². The van der Waals surface area contributed by atoms with Gasteiger partial charge in [-0.25, -0.2) is 0 Å². The van der Waals surface area contributed by atoms with E-state index in [9.17, 15) is 0 Å². The molecule has 0 spiro atoms. The number of hydrogen-bond acceptors (Lipinski definition) is 3. The minimum Gasteiger partial charge on any atom is -0.497 e. The van der Waals surface area contributed by atoms with Gasteiger partial charge in [0.25, 0.3) is 0 Å². The second-order valence-electron chi connectivity index (χ2n) is 5.26. The van der Waals surface area contributed by atoms with Crippen LogP contribution in [0.2, 0.25) is 0 Å². The first-order chi connectivity index (χ1) is 10.2. The van der Waals surface area contributed by atoms with Crippen molar-refractivity contribution >= 4 is 21.6 Å². The number of nitrogens with one attached hydrogen (secondary N) is 1. The Labute approximate surface area is 133 Å². The molecule has 2 aromatic rings. The summed E-state index contributed by atoms with van der Waals surface area (Å²) in [4.78, 5) is 0. The van der Waals surface area contributed by atoms with Gasteiger partial charge in [-0.05, 0) is 48.9 Å². The molecule has 4 heteroatoms. The van der Waals surface area contributed by atoms with Crippen LogP contribution < -0.4 is 14.8 Å². The fourth-order valence-electron chi connectivity index (χ4n) is 2.67. The van der Waals surface area contributed by atoms with Crippen LogP contribution in [0, 0.1) is 6.92 Å². The molecule has 0 aromatic heterocycles. The molecular weight excluding hydrogens is 330 g/mol. The van der Waals surface area contributed by atoms with Crippen LogP contribution in [0.15, 0.2) is 40.9 Å². The van der Waals surface area contributed by atoms with Crippen molar-refractivity contribution in [3.63, 3.8) is 0 Å². The highest BCUT2D eigenvalue weighted by atomic mass is 79.9. The van der Waals surface area contributed by atoms with Crippen molar-refractivity contribution in [2.75, 3.05) is 19.0 Å². The van der Waals surface area contributed by atoms with Gasteiger partial charge in [0.2, 0.25) is 0 Å². The quantitative estimate of drug-likeness (QED) is 0.872. The molecule has 21 heavy (non-hydrogen) atoms. The summed E-state index contributed by atoms with van der Waals surface area (Å²) >= 11 is 3.55. The lowest BCUT2D eigenvalue weighted by Gasteiger charge is -2.28. The molecule has 1 unspecified atom stereocenters. The van der Waals surface area contributed by atoms with Gasteiger partial charge < -0.3 is 14.8 Å². The Hall–Kier alpha value is -1.68. The van der Waals surface area contributed by atoms with Gasteiger partial charge in [-0.1, -0.05) is 15.9 Å². The molecule has 1 atom stereocenters. The van der Waals surface area contributed by atoms with E-state index in [1.54, 1.807) is 7.11 Å². The number of fused-ring (bicyclic) bond motifs is 1. The predicted molar refractivity (Wildman–Crippen MR) is 88.3 cm³/mol. The van der Waals surface area contributed by atoms with Crippen molar-refractivity contribution in [1.29, 1.82) is 0 Å². The molecule has 0 bridgehead atoms. The maximum absolute atomic E-state index is 5.73. The standard InChI is InChI=1S/C17H18BrNO2/c1-11-7-12(18)9-13(8-11)19-16-5-6-21-17-4-3-14(20-2)10-15(16)17/h3-4,7-10,16,19H,5-6H2,1-2H3. The van der Waals surface area contributed by atoms with Crippen molar-refractivity contribution in [3.05, 3.63) is 52.0 Å². The first-order valence-corrected chi connectivity index (χ1v) is 7.79. The number of anilines is 1. The van der Waals surface area contributed by atoms with E-state index in [1.165, 1.54) is 5.56 Å². The molecule has 0 radical (unpaired) electrons. The summed E-state index contributed by atoms with van der Waals surface area (Å²) in [6, 6.07) is 12.6. The van der Waals surface area contributed by atoms with Gasteiger partial charge in [0.1, 0.15) is 11.5 Å². The topological polar surface area (TPSA) is 30.5 Å². The highest BCUT2D eigenvalue weighted by Gasteiger charge is 2.22. The molecule has 3 rings (SSSR count). The Morgan fingerprint density at radius 3 is 2.86 bits per heavy atom. The lowest BCUT2D eigenvalue weighted by molar-refractivity contribution is 0.273. The van der Waals surface area contributed by atoms with Gasteiger partial charge in [0.05, 0.1) is 19.8 Å². The third-order valence-corrected chi connectivity index (χ3v) is 4.10. The molecule has 110 valence electrons. The zero-order valence-electron chi connectivity index (χ0n) is 12.2. The summed E-state index contributed by atoms with van der Waals surface area (Å²) in [6.07, 6.45) is 0.936. The molecule has 0 saturated heterocycles. The average Bonchev–Trinajstić information content (AvgIpc) is 2.46. The Morgan fingerprint density at radius 1 is 1.24 bits per heavy atom. The molecule has 1 N–H and O–H groups in total. The summed E-state index contributed by atoms with van der Waals surface area (Å²) in [7, 11) is 1.69. The molecule has 0 amide bonds. The van der Waals surface area contributed by atoms with E-state index < -0.39 is 0 Å². The Kier molecular flexibility index (Phi) is 4.06. The van der Waals surface area contributed by atoms with Crippen LogP contribution in [0.5, 0.6) is 11.5 Å². The fraction of sp³-hybridized carbons (Fsp3) is 0.294. The van der Waals surface area contributed by atoms with E-state index in [2.05, 4.69) is 52.4 Å². The molecule has 0 fully saturated rings. The van der Waals surface area contributed by atoms with Gasteiger partial charge in [-0.15, -0.1) is 0 Å². The number of methoxy groups -OCH3 is 1. The lowest BCUT2D eigenvalue weighted by atomic mass is 9.99. The van der Waals surface area contributed by atoms with Crippen LogP contribution in [0.1, 0.15) is 23.6 Å². The van der Waals surface area contributed by atoms with Crippen molar-refractivity contribution in [2.24, 2.45) is 0 Å². The summed E-state index contributed by atoms with van der Waals surface area (Å²) < 4.78 is 12.1. The Morgan fingerprint density at radius 2 is 2.10 bits per heavy atom. The van der Waals surface area contributed by atoms with Crippen LogP contribution in [-0.4, -0.2) is 13.7 Å². The van der Waals surface area contributed by atoms with E-state index in [0.717, 1.165) is 40.3 Å². The maximum atomic E-state index is 5.73. The summed E-state index contributed by atoms with van der Waals surface area (Å²) in [5.41, 5.74) is 3.49. The summed E-state index contributed by atoms with van der Waals surface area (Å²) in [6.45, 7) is 2.82. The number of aryl methyl sites for hydroxylation is 1. The molecule has 0 saturated carbocycles. The van der Waals surface area contributed by atoms with E-state index in [1.807, 2.05) is 12.1 Å². The highest BCUT2D eigenvalue weighted by Crippen LogP contribution is 2.37. The molecule has 1 aliphatic rings. The Bertz CT molecular complexity index is 637. The van der Waals surface area contributed by atoms with Crippen molar-refractivity contribution in [2.45, 2.75) is 19.4 Å². The van der Waals surface area contributed by atoms with E-state index in [4.69, 9.17) is 9.47 Å². The monoisotopic (exact) mass is 347 g/mol. The summed E-state index contributed by atoms with van der Waals surface area (Å²) in [5.74, 6) is 1.79. The second kappa shape index (κ2) is 5.98. The van der Waals surface area contributed by atoms with Crippen LogP contribution in [-0.2, 0) is 0 Å². The van der Waals surface area contributed by atoms with E-state index in [0.29, 0.717) is 0 Å². The molecule has 0 aliphatic carbocycles. The minimum absolute atomic E-state index is 0.234. The number of benzene rings is 2. The smallest absolute Gasteiger partial charge is 0.124 e. The third kappa shape index (κ3) is 3.16. The van der Waals surface area contributed by atoms with Crippen LogP contribution >= 0.6 is 15.9 Å². The zero-order chi connectivity index (χ0) is 14.8. The third-order valence-electron chi connectivity index (χ3n) is 3.64. The molecule has 1 heterocycles. The van der Waals surface area contributed by atoms with E-state index in [-0.39, 0.29) is 6.04 Å². The zero-order valence-corrected chi connectivity index (χ0v) is 13.7. The summed E-state index contributed by atoms with van der Waals surface area (Å²) in [5, 5.41) is 3.60. The maximum Gasteiger partial charge on any atom is 0.124 e. The van der Waals surface area contributed by atoms with E-state index >= 15 is 0 Å². The number of ether oxygens (including phenoxy) is 2. The molecule has 3 nitrogen and oxygen atoms in total. The van der Waals surface area contributed by atoms with Crippen molar-refractivity contribution in [1.82, 2.24) is 0 Å². The van der Waals surface area contributed by atoms with Crippen LogP contribution in [0.4, 0.5) is 5.69 Å². The molecule has 1 aliphatic heterocycles. The molecule has 2 aromatic carbocycles. The van der Waals surface area contributed by atoms with Gasteiger partial charge >= 0.3 is 0 Å². The lowest BCUT2D eigenvalue weighted by Crippen LogP contribution is -2.20. The van der Waals surface area contributed by atoms with Crippen molar-refractivity contribution < 1.29 is 9.47 Å². The van der Waals surface area contributed by atoms with Gasteiger partial charge in [0.15, 0.2) is 0 Å². The number of hydrogen-bond donors (Lipinski definition) is 1. The SMILES string of the molecule is COc1ccc2c(c1)C(Nc1cc(C)cc(Br)c1)CCO2. The van der Waals surface area contributed by atoms with Crippen molar-refractivity contribution in [3.8, 4) is 11.5 Å². The minimum atomic E-state index is 0.234. The highest BCUT2D eigenvalue weighted by molar-refractivity contribution is 9.10. The number of halogens is 1. The largest absolute Gasteiger partial charge is 0.497 e. The molecular formula is C17H18BrNO2.